The molecule has 0 aromatic carbocycles. The third kappa shape index (κ3) is 2.28. The van der Waals surface area contributed by atoms with Gasteiger partial charge in [-0.15, -0.1) is 0 Å². The average molecular weight is 198 g/mol. The lowest BCUT2D eigenvalue weighted by atomic mass is 9.68. The van der Waals surface area contributed by atoms with E-state index in [0.717, 1.165) is 25.7 Å². The molecular formula is C12H22O2. The van der Waals surface area contributed by atoms with Gasteiger partial charge in [-0.05, 0) is 32.1 Å². The van der Waals surface area contributed by atoms with Crippen molar-refractivity contribution in [2.24, 2.45) is 11.3 Å². The van der Waals surface area contributed by atoms with Crippen molar-refractivity contribution in [3.8, 4) is 0 Å². The lowest BCUT2D eigenvalue weighted by molar-refractivity contribution is -0.152. The van der Waals surface area contributed by atoms with Crippen molar-refractivity contribution in [2.75, 3.05) is 0 Å². The Labute approximate surface area is 86.7 Å². The fraction of sp³-hybridized carbons (Fsp3) is 0.917. The molecule has 0 saturated heterocycles. The molecule has 2 nitrogen and oxygen atoms in total. The van der Waals surface area contributed by atoms with E-state index >= 15 is 0 Å². The van der Waals surface area contributed by atoms with Gasteiger partial charge in [-0.2, -0.15) is 0 Å². The Hall–Kier alpha value is -0.530. The third-order valence-corrected chi connectivity index (χ3v) is 3.76. The first-order chi connectivity index (χ1) is 6.61. The zero-order chi connectivity index (χ0) is 10.6. The van der Waals surface area contributed by atoms with E-state index < -0.39 is 11.4 Å². The summed E-state index contributed by atoms with van der Waals surface area (Å²) in [5.74, 6) is -0.181. The minimum Gasteiger partial charge on any atom is -0.481 e. The van der Waals surface area contributed by atoms with E-state index in [1.807, 2.05) is 6.92 Å². The Balaban J connectivity index is 2.69. The zero-order valence-electron chi connectivity index (χ0n) is 9.38. The lowest BCUT2D eigenvalue weighted by Gasteiger charge is -2.36. The Morgan fingerprint density at radius 3 is 2.36 bits per heavy atom. The molecule has 0 aliphatic heterocycles. The molecule has 0 aromatic heterocycles. The zero-order valence-corrected chi connectivity index (χ0v) is 9.38. The predicted octanol–water partition coefficient (Wildman–Crippen LogP) is 3.46. The molecule has 1 rings (SSSR count). The molecule has 1 aliphatic rings. The molecule has 1 saturated carbocycles. The number of aliphatic carboxylic acids is 1. The molecule has 1 fully saturated rings. The van der Waals surface area contributed by atoms with Crippen molar-refractivity contribution in [2.45, 2.75) is 58.8 Å². The van der Waals surface area contributed by atoms with Gasteiger partial charge in [-0.25, -0.2) is 0 Å². The average Bonchev–Trinajstić information content (AvgIpc) is 2.19. The molecule has 0 heterocycles. The maximum Gasteiger partial charge on any atom is 0.309 e. The highest BCUT2D eigenvalue weighted by Crippen LogP contribution is 2.41. The van der Waals surface area contributed by atoms with Crippen molar-refractivity contribution < 1.29 is 9.90 Å². The maximum absolute atomic E-state index is 11.3. The summed E-state index contributed by atoms with van der Waals surface area (Å²) in [5, 5.41) is 9.32. The summed E-state index contributed by atoms with van der Waals surface area (Å²) in [6, 6.07) is 0. The van der Waals surface area contributed by atoms with E-state index in [1.54, 1.807) is 0 Å². The molecule has 0 radical (unpaired) electrons. The van der Waals surface area contributed by atoms with Gasteiger partial charge in [0.25, 0.3) is 0 Å². The van der Waals surface area contributed by atoms with Gasteiger partial charge in [-0.1, -0.05) is 32.6 Å². The second-order valence-electron chi connectivity index (χ2n) is 4.81. The molecule has 1 N–H and O–H groups in total. The number of carboxylic acid groups (broad SMARTS) is 1. The summed E-state index contributed by atoms with van der Waals surface area (Å²) in [5.41, 5.74) is -0.463. The van der Waals surface area contributed by atoms with Gasteiger partial charge >= 0.3 is 5.97 Å². The minimum atomic E-state index is -0.591. The van der Waals surface area contributed by atoms with Crippen LogP contribution in [-0.2, 0) is 4.79 Å². The van der Waals surface area contributed by atoms with Crippen LogP contribution < -0.4 is 0 Å². The highest BCUT2D eigenvalue weighted by molar-refractivity contribution is 5.74. The molecule has 0 spiro atoms. The molecule has 0 aromatic rings. The van der Waals surface area contributed by atoms with E-state index in [1.165, 1.54) is 19.3 Å². The number of carbonyl (C=O) groups is 1. The van der Waals surface area contributed by atoms with Gasteiger partial charge in [0.05, 0.1) is 5.41 Å². The quantitative estimate of drug-likeness (QED) is 0.751. The van der Waals surface area contributed by atoms with Crippen molar-refractivity contribution in [3.63, 3.8) is 0 Å². The smallest absolute Gasteiger partial charge is 0.309 e. The largest absolute Gasteiger partial charge is 0.481 e. The third-order valence-electron chi connectivity index (χ3n) is 3.76. The Morgan fingerprint density at radius 1 is 1.36 bits per heavy atom. The molecule has 2 heteroatoms. The summed E-state index contributed by atoms with van der Waals surface area (Å²) < 4.78 is 0. The SMILES string of the molecule is CCCC(C)(C(=O)O)C1CCCCC1. The number of hydrogen-bond donors (Lipinski definition) is 1. The van der Waals surface area contributed by atoms with Gasteiger partial charge < -0.3 is 5.11 Å². The Bertz CT molecular complexity index is 194. The van der Waals surface area contributed by atoms with Crippen LogP contribution >= 0.6 is 0 Å². The fourth-order valence-electron chi connectivity index (χ4n) is 2.74. The summed E-state index contributed by atoms with van der Waals surface area (Å²) in [6.45, 7) is 4.01. The van der Waals surface area contributed by atoms with Crippen LogP contribution in [0.1, 0.15) is 58.8 Å². The van der Waals surface area contributed by atoms with Crippen molar-refractivity contribution in [1.82, 2.24) is 0 Å². The monoisotopic (exact) mass is 198 g/mol. The van der Waals surface area contributed by atoms with Crippen LogP contribution in [-0.4, -0.2) is 11.1 Å². The standard InChI is InChI=1S/C12H22O2/c1-3-9-12(2,11(13)14)10-7-5-4-6-8-10/h10H,3-9H2,1-2H3,(H,13,14). The highest BCUT2D eigenvalue weighted by Gasteiger charge is 2.40. The van der Waals surface area contributed by atoms with Gasteiger partial charge in [0.15, 0.2) is 0 Å². The van der Waals surface area contributed by atoms with Crippen molar-refractivity contribution >= 4 is 5.97 Å². The van der Waals surface area contributed by atoms with Crippen LogP contribution in [0.15, 0.2) is 0 Å². The molecule has 0 amide bonds. The van der Waals surface area contributed by atoms with Gasteiger partial charge in [-0.3, -0.25) is 4.79 Å². The number of rotatable bonds is 4. The predicted molar refractivity (Wildman–Crippen MR) is 57.2 cm³/mol. The summed E-state index contributed by atoms with van der Waals surface area (Å²) in [6.07, 6.45) is 7.75. The summed E-state index contributed by atoms with van der Waals surface area (Å²) in [7, 11) is 0. The molecule has 1 atom stereocenters. The van der Waals surface area contributed by atoms with Crippen LogP contribution in [0.3, 0.4) is 0 Å². The first kappa shape index (κ1) is 11.5. The highest BCUT2D eigenvalue weighted by atomic mass is 16.4. The van der Waals surface area contributed by atoms with E-state index in [-0.39, 0.29) is 0 Å². The van der Waals surface area contributed by atoms with Crippen LogP contribution in [0.2, 0.25) is 0 Å². The van der Waals surface area contributed by atoms with Crippen LogP contribution in [0, 0.1) is 11.3 Å². The molecule has 82 valence electrons. The van der Waals surface area contributed by atoms with Gasteiger partial charge in [0.1, 0.15) is 0 Å². The number of carboxylic acids is 1. The lowest BCUT2D eigenvalue weighted by Crippen LogP contribution is -2.36. The van der Waals surface area contributed by atoms with Gasteiger partial charge in [0, 0.05) is 0 Å². The van der Waals surface area contributed by atoms with Crippen molar-refractivity contribution in [3.05, 3.63) is 0 Å². The minimum absolute atomic E-state index is 0.411. The normalized spacial score (nSPS) is 23.0. The summed E-state index contributed by atoms with van der Waals surface area (Å²) in [4.78, 5) is 11.3. The van der Waals surface area contributed by atoms with E-state index in [0.29, 0.717) is 5.92 Å². The van der Waals surface area contributed by atoms with E-state index in [2.05, 4.69) is 6.92 Å². The maximum atomic E-state index is 11.3. The first-order valence-electron chi connectivity index (χ1n) is 5.84. The fourth-order valence-corrected chi connectivity index (χ4v) is 2.74. The van der Waals surface area contributed by atoms with Crippen LogP contribution in [0.25, 0.3) is 0 Å². The van der Waals surface area contributed by atoms with Crippen molar-refractivity contribution in [1.29, 1.82) is 0 Å². The van der Waals surface area contributed by atoms with Crippen LogP contribution in [0.5, 0.6) is 0 Å². The van der Waals surface area contributed by atoms with E-state index in [9.17, 15) is 9.90 Å². The Kier molecular flexibility index (Phi) is 3.97. The second-order valence-corrected chi connectivity index (χ2v) is 4.81. The molecule has 1 unspecified atom stereocenters. The Morgan fingerprint density at radius 2 is 1.93 bits per heavy atom. The molecule has 14 heavy (non-hydrogen) atoms. The molecular weight excluding hydrogens is 176 g/mol. The second kappa shape index (κ2) is 4.81. The van der Waals surface area contributed by atoms with Gasteiger partial charge in [0.2, 0.25) is 0 Å². The molecule has 1 aliphatic carbocycles. The molecule has 0 bridgehead atoms. The first-order valence-corrected chi connectivity index (χ1v) is 5.84. The topological polar surface area (TPSA) is 37.3 Å². The van der Waals surface area contributed by atoms with Crippen LogP contribution in [0.4, 0.5) is 0 Å². The number of hydrogen-bond acceptors (Lipinski definition) is 1. The van der Waals surface area contributed by atoms with E-state index in [4.69, 9.17) is 0 Å². The summed E-state index contributed by atoms with van der Waals surface area (Å²) >= 11 is 0.